The second-order valence-corrected chi connectivity index (χ2v) is 7.81. The molecule has 170 valence electrons. The van der Waals surface area contributed by atoms with Crippen molar-refractivity contribution in [1.29, 1.82) is 0 Å². The summed E-state index contributed by atoms with van der Waals surface area (Å²) in [6.07, 6.45) is 0. The lowest BCUT2D eigenvalue weighted by Crippen LogP contribution is -2.19. The third-order valence-corrected chi connectivity index (χ3v) is 5.50. The minimum atomic E-state index is -0.471. The molecule has 8 nitrogen and oxygen atoms in total. The van der Waals surface area contributed by atoms with E-state index in [0.29, 0.717) is 50.8 Å². The molecule has 0 spiro atoms. The summed E-state index contributed by atoms with van der Waals surface area (Å²) < 4.78 is 16.3. The molecule has 3 aromatic carbocycles. The fourth-order valence-electron chi connectivity index (χ4n) is 3.12. The second-order valence-electron chi connectivity index (χ2n) is 7.00. The van der Waals surface area contributed by atoms with Crippen LogP contribution < -0.4 is 24.8 Å². The highest BCUT2D eigenvalue weighted by atomic mass is 35.5. The quantitative estimate of drug-likeness (QED) is 0.292. The van der Waals surface area contributed by atoms with Crippen LogP contribution in [0.4, 0.5) is 16.3 Å². The molecule has 4 aromatic rings. The number of ether oxygens (including phenoxy) is 3. The topological polar surface area (TPSA) is 97.5 Å². The summed E-state index contributed by atoms with van der Waals surface area (Å²) in [4.78, 5) is 12.6. The van der Waals surface area contributed by atoms with Crippen LogP contribution in [-0.4, -0.2) is 30.4 Å². The Bertz CT molecular complexity index is 1290. The number of urea groups is 1. The van der Waals surface area contributed by atoms with Crippen LogP contribution in [0, 0.1) is 0 Å². The van der Waals surface area contributed by atoms with Gasteiger partial charge in [-0.25, -0.2) is 4.79 Å². The molecule has 2 amide bonds. The van der Waals surface area contributed by atoms with Gasteiger partial charge < -0.3 is 19.5 Å². The van der Waals surface area contributed by atoms with Gasteiger partial charge in [-0.05, 0) is 35.9 Å². The van der Waals surface area contributed by atoms with Gasteiger partial charge in [0.05, 0.1) is 29.8 Å². The van der Waals surface area contributed by atoms with Crippen molar-refractivity contribution in [3.8, 4) is 17.2 Å². The van der Waals surface area contributed by atoms with Gasteiger partial charge in [0.25, 0.3) is 0 Å². The number of carbonyl (C=O) groups excluding carboxylic acids is 1. The summed E-state index contributed by atoms with van der Waals surface area (Å²) in [7, 11) is 3.07. The van der Waals surface area contributed by atoms with Crippen molar-refractivity contribution < 1.29 is 19.0 Å². The number of nitrogens with zero attached hydrogens (tertiary/aromatic N) is 1. The zero-order chi connectivity index (χ0) is 23.4. The maximum Gasteiger partial charge on any atom is 0.324 e. The normalized spacial score (nSPS) is 10.7. The molecule has 33 heavy (non-hydrogen) atoms. The number of amides is 2. The number of methoxy groups -OCH3 is 2. The van der Waals surface area contributed by atoms with E-state index >= 15 is 0 Å². The van der Waals surface area contributed by atoms with E-state index in [-0.39, 0.29) is 0 Å². The summed E-state index contributed by atoms with van der Waals surface area (Å²) in [5.41, 5.74) is 2.13. The van der Waals surface area contributed by atoms with Crippen molar-refractivity contribution in [2.75, 3.05) is 24.9 Å². The highest BCUT2D eigenvalue weighted by Gasteiger charge is 2.12. The molecule has 0 radical (unpaired) electrons. The number of benzene rings is 3. The van der Waals surface area contributed by atoms with E-state index in [2.05, 4.69) is 20.8 Å². The van der Waals surface area contributed by atoms with E-state index in [1.807, 2.05) is 18.2 Å². The van der Waals surface area contributed by atoms with Crippen LogP contribution in [-0.2, 0) is 6.61 Å². The van der Waals surface area contributed by atoms with Crippen molar-refractivity contribution >= 4 is 51.6 Å². The Morgan fingerprint density at radius 1 is 0.909 bits per heavy atom. The van der Waals surface area contributed by atoms with E-state index < -0.39 is 6.03 Å². The first-order chi connectivity index (χ1) is 15.9. The lowest BCUT2D eigenvalue weighted by atomic mass is 10.2. The number of fused-ring (bicyclic) bond motifs is 1. The smallest absolute Gasteiger partial charge is 0.324 e. The van der Waals surface area contributed by atoms with Crippen LogP contribution in [0.1, 0.15) is 5.56 Å². The number of anilines is 2. The molecule has 0 fully saturated rings. The van der Waals surface area contributed by atoms with Crippen LogP contribution >= 0.6 is 23.2 Å². The lowest BCUT2D eigenvalue weighted by molar-refractivity contribution is 0.262. The predicted molar refractivity (Wildman–Crippen MR) is 129 cm³/mol. The monoisotopic (exact) mass is 486 g/mol. The average Bonchev–Trinajstić information content (AvgIpc) is 3.21. The summed E-state index contributed by atoms with van der Waals surface area (Å²) in [5.74, 6) is 2.07. The number of aromatic amines is 1. The molecule has 0 aliphatic heterocycles. The summed E-state index contributed by atoms with van der Waals surface area (Å²) in [5, 5.41) is 14.2. The molecule has 1 aromatic heterocycles. The number of hydrogen-bond donors (Lipinski definition) is 3. The fourth-order valence-corrected chi connectivity index (χ4v) is 3.44. The van der Waals surface area contributed by atoms with Gasteiger partial charge in [0.15, 0.2) is 5.82 Å². The van der Waals surface area contributed by atoms with Gasteiger partial charge in [-0.1, -0.05) is 29.3 Å². The number of carbonyl (C=O) groups is 1. The maximum atomic E-state index is 12.6. The highest BCUT2D eigenvalue weighted by Crippen LogP contribution is 2.28. The first-order valence-corrected chi connectivity index (χ1v) is 10.6. The van der Waals surface area contributed by atoms with E-state index in [1.165, 1.54) is 14.2 Å². The first-order valence-electron chi connectivity index (χ1n) is 9.81. The number of nitrogens with one attached hydrogen (secondary N) is 3. The zero-order valence-corrected chi connectivity index (χ0v) is 19.3. The Kier molecular flexibility index (Phi) is 6.76. The minimum Gasteiger partial charge on any atom is -0.497 e. The Hall–Kier alpha value is -3.62. The largest absolute Gasteiger partial charge is 0.497 e. The molecular formula is C23H20Cl2N4O4. The van der Waals surface area contributed by atoms with Gasteiger partial charge in [-0.15, -0.1) is 0 Å². The number of hydrogen-bond acceptors (Lipinski definition) is 5. The van der Waals surface area contributed by atoms with Crippen LogP contribution in [0.3, 0.4) is 0 Å². The van der Waals surface area contributed by atoms with E-state index in [1.54, 1.807) is 36.4 Å². The lowest BCUT2D eigenvalue weighted by Gasteiger charge is -2.10. The van der Waals surface area contributed by atoms with E-state index in [9.17, 15) is 4.79 Å². The molecule has 0 unspecified atom stereocenters. The number of aromatic nitrogens is 2. The van der Waals surface area contributed by atoms with Crippen molar-refractivity contribution in [2.45, 2.75) is 6.61 Å². The average molecular weight is 487 g/mol. The summed E-state index contributed by atoms with van der Waals surface area (Å²) in [6.45, 7) is 0.307. The molecule has 1 heterocycles. The molecular weight excluding hydrogens is 467 g/mol. The van der Waals surface area contributed by atoms with E-state index in [0.717, 1.165) is 11.1 Å². The Morgan fingerprint density at radius 3 is 2.36 bits per heavy atom. The van der Waals surface area contributed by atoms with Gasteiger partial charge in [-0.3, -0.25) is 10.4 Å². The summed E-state index contributed by atoms with van der Waals surface area (Å²) in [6, 6.07) is 15.3. The van der Waals surface area contributed by atoms with Crippen LogP contribution in [0.25, 0.3) is 10.9 Å². The molecule has 3 N–H and O–H groups in total. The molecule has 0 saturated carbocycles. The summed E-state index contributed by atoms with van der Waals surface area (Å²) >= 11 is 12.0. The Labute approximate surface area is 199 Å². The zero-order valence-electron chi connectivity index (χ0n) is 17.7. The third kappa shape index (κ3) is 5.42. The first kappa shape index (κ1) is 22.6. The number of H-pyrrole nitrogens is 1. The molecule has 0 aliphatic carbocycles. The van der Waals surface area contributed by atoms with Gasteiger partial charge in [0, 0.05) is 29.3 Å². The van der Waals surface area contributed by atoms with Crippen molar-refractivity contribution in [3.05, 3.63) is 70.2 Å². The van der Waals surface area contributed by atoms with Gasteiger partial charge in [0.1, 0.15) is 23.9 Å². The molecule has 0 atom stereocenters. The van der Waals surface area contributed by atoms with Gasteiger partial charge >= 0.3 is 6.03 Å². The van der Waals surface area contributed by atoms with Crippen molar-refractivity contribution in [3.63, 3.8) is 0 Å². The third-order valence-electron chi connectivity index (χ3n) is 4.77. The second kappa shape index (κ2) is 9.89. The standard InChI is InChI=1S/C23H20Cl2N4O4/c1-31-16-8-14(9-17(10-16)32-2)26-23(30)27-22-18-11-15(4-6-21(18)28-29-22)33-12-13-3-5-19(24)20(25)7-13/h3-11H,12H2,1-2H3,(H3,26,27,28,29,30). The van der Waals surface area contributed by atoms with Crippen LogP contribution in [0.15, 0.2) is 54.6 Å². The Morgan fingerprint density at radius 2 is 1.67 bits per heavy atom. The van der Waals surface area contributed by atoms with Crippen molar-refractivity contribution in [2.24, 2.45) is 0 Å². The minimum absolute atomic E-state index is 0.307. The van der Waals surface area contributed by atoms with E-state index in [4.69, 9.17) is 37.4 Å². The molecule has 0 saturated heterocycles. The van der Waals surface area contributed by atoms with Crippen LogP contribution in [0.5, 0.6) is 17.2 Å². The highest BCUT2D eigenvalue weighted by molar-refractivity contribution is 6.42. The molecule has 4 rings (SSSR count). The van der Waals surface area contributed by atoms with Gasteiger partial charge in [-0.2, -0.15) is 5.10 Å². The fraction of sp³-hybridized carbons (Fsp3) is 0.130. The van der Waals surface area contributed by atoms with Gasteiger partial charge in [0.2, 0.25) is 0 Å². The molecule has 10 heteroatoms. The van der Waals surface area contributed by atoms with Crippen LogP contribution in [0.2, 0.25) is 10.0 Å². The maximum absolute atomic E-state index is 12.6. The van der Waals surface area contributed by atoms with Crippen molar-refractivity contribution in [1.82, 2.24) is 10.2 Å². The predicted octanol–water partition coefficient (Wildman–Crippen LogP) is 6.11. The Balaban J connectivity index is 1.47. The number of rotatable bonds is 7. The number of halogens is 2. The molecule has 0 bridgehead atoms. The molecule has 0 aliphatic rings. The SMILES string of the molecule is COc1cc(NC(=O)Nc2n[nH]c3ccc(OCc4ccc(Cl)c(Cl)c4)cc23)cc(OC)c1.